The number of hydrogen-bond donors (Lipinski definition) is 1. The second kappa shape index (κ2) is 8.69. The number of carbonyl (C=O) groups is 1. The normalized spacial score (nSPS) is 22.0. The van der Waals surface area contributed by atoms with Crippen LogP contribution in [0, 0.1) is 5.92 Å². The molecule has 2 fully saturated rings. The molecule has 2 heterocycles. The van der Waals surface area contributed by atoms with Gasteiger partial charge in [-0.1, -0.05) is 6.92 Å². The predicted octanol–water partition coefficient (Wildman–Crippen LogP) is 1.96. The third-order valence-corrected chi connectivity index (χ3v) is 7.30. The molecule has 0 saturated carbocycles. The van der Waals surface area contributed by atoms with E-state index < -0.39 is 10.0 Å². The zero-order valence-corrected chi connectivity index (χ0v) is 17.0. The molecular formula is C18H28ClN3O3S. The van der Waals surface area contributed by atoms with E-state index in [2.05, 4.69) is 12.2 Å². The fourth-order valence-electron chi connectivity index (χ4n) is 3.48. The first-order valence-electron chi connectivity index (χ1n) is 8.97. The van der Waals surface area contributed by atoms with E-state index in [1.165, 1.54) is 0 Å². The van der Waals surface area contributed by atoms with Gasteiger partial charge in [0, 0.05) is 38.3 Å². The number of piperidine rings is 1. The monoisotopic (exact) mass is 401 g/mol. The summed E-state index contributed by atoms with van der Waals surface area (Å²) in [4.78, 5) is 14.6. The van der Waals surface area contributed by atoms with Crippen LogP contribution in [-0.2, 0) is 10.0 Å². The Kier molecular flexibility index (Phi) is 7.07. The molecule has 1 atom stereocenters. The average Bonchev–Trinajstić information content (AvgIpc) is 3.15. The Hall–Kier alpha value is -1.15. The van der Waals surface area contributed by atoms with Gasteiger partial charge in [0.1, 0.15) is 0 Å². The molecule has 0 aromatic heterocycles. The van der Waals surface area contributed by atoms with E-state index in [4.69, 9.17) is 0 Å². The van der Waals surface area contributed by atoms with Gasteiger partial charge in [0.2, 0.25) is 10.0 Å². The fraction of sp³-hybridized carbons (Fsp3) is 0.611. The molecule has 1 amide bonds. The smallest absolute Gasteiger partial charge is 0.253 e. The first kappa shape index (κ1) is 21.2. The van der Waals surface area contributed by atoms with Crippen molar-refractivity contribution in [1.29, 1.82) is 0 Å². The fourth-order valence-corrected chi connectivity index (χ4v) is 4.95. The van der Waals surface area contributed by atoms with E-state index in [0.717, 1.165) is 32.4 Å². The Morgan fingerprint density at radius 2 is 1.77 bits per heavy atom. The van der Waals surface area contributed by atoms with Crippen LogP contribution in [0.5, 0.6) is 0 Å². The molecule has 3 rings (SSSR count). The van der Waals surface area contributed by atoms with Crippen molar-refractivity contribution in [1.82, 2.24) is 14.5 Å². The second-order valence-electron chi connectivity index (χ2n) is 7.17. The van der Waals surface area contributed by atoms with E-state index in [1.807, 2.05) is 0 Å². The number of halogens is 1. The van der Waals surface area contributed by atoms with Crippen molar-refractivity contribution in [3.63, 3.8) is 0 Å². The highest BCUT2D eigenvalue weighted by Gasteiger charge is 2.29. The number of nitrogens with one attached hydrogen (secondary N) is 1. The van der Waals surface area contributed by atoms with Crippen molar-refractivity contribution in [2.75, 3.05) is 33.2 Å². The van der Waals surface area contributed by atoms with Crippen LogP contribution in [0.2, 0.25) is 0 Å². The molecule has 0 bridgehead atoms. The quantitative estimate of drug-likeness (QED) is 0.837. The maximum absolute atomic E-state index is 12.7. The highest BCUT2D eigenvalue weighted by molar-refractivity contribution is 7.89. The standard InChI is InChI=1S/C18H27N3O3S.ClH/c1-14-8-11-21(12-9-14)25(23,24)17-5-3-15(4-6-17)18(22)20(2)16-7-10-19-13-16;/h3-6,14,16,19H,7-13H2,1-2H3;1H. The molecule has 2 aliphatic heterocycles. The van der Waals surface area contributed by atoms with Crippen LogP contribution in [0.4, 0.5) is 0 Å². The van der Waals surface area contributed by atoms with Gasteiger partial charge < -0.3 is 10.2 Å². The summed E-state index contributed by atoms with van der Waals surface area (Å²) >= 11 is 0. The van der Waals surface area contributed by atoms with Gasteiger partial charge in [0.15, 0.2) is 0 Å². The van der Waals surface area contributed by atoms with Gasteiger partial charge in [0.25, 0.3) is 5.91 Å². The molecule has 146 valence electrons. The minimum absolute atomic E-state index is 0. The molecule has 2 saturated heterocycles. The van der Waals surface area contributed by atoms with Gasteiger partial charge in [-0.2, -0.15) is 4.31 Å². The van der Waals surface area contributed by atoms with Gasteiger partial charge in [0.05, 0.1) is 4.90 Å². The lowest BCUT2D eigenvalue weighted by Gasteiger charge is -2.29. The second-order valence-corrected chi connectivity index (χ2v) is 9.11. The van der Waals surface area contributed by atoms with Gasteiger partial charge in [-0.3, -0.25) is 4.79 Å². The van der Waals surface area contributed by atoms with Gasteiger partial charge in [-0.05, 0) is 56.0 Å². The highest BCUT2D eigenvalue weighted by Crippen LogP contribution is 2.24. The average molecular weight is 402 g/mol. The molecule has 1 unspecified atom stereocenters. The van der Waals surface area contributed by atoms with Crippen LogP contribution in [-0.4, -0.2) is 62.8 Å². The SMILES string of the molecule is CC1CCN(S(=O)(=O)c2ccc(C(=O)N(C)C3CCNC3)cc2)CC1.Cl. The lowest BCUT2D eigenvalue weighted by molar-refractivity contribution is 0.0743. The summed E-state index contributed by atoms with van der Waals surface area (Å²) in [5.41, 5.74) is 0.528. The van der Waals surface area contributed by atoms with E-state index >= 15 is 0 Å². The zero-order valence-electron chi connectivity index (χ0n) is 15.3. The summed E-state index contributed by atoms with van der Waals surface area (Å²) in [6, 6.07) is 6.57. The third kappa shape index (κ3) is 4.39. The van der Waals surface area contributed by atoms with Crippen molar-refractivity contribution in [3.05, 3.63) is 29.8 Å². The number of nitrogens with zero attached hydrogens (tertiary/aromatic N) is 2. The van der Waals surface area contributed by atoms with Crippen LogP contribution < -0.4 is 5.32 Å². The number of rotatable bonds is 4. The lowest BCUT2D eigenvalue weighted by atomic mass is 10.0. The molecule has 26 heavy (non-hydrogen) atoms. The van der Waals surface area contributed by atoms with Gasteiger partial charge in [-0.25, -0.2) is 8.42 Å². The van der Waals surface area contributed by atoms with Crippen LogP contribution >= 0.6 is 12.4 Å². The van der Waals surface area contributed by atoms with Crippen molar-refractivity contribution in [2.24, 2.45) is 5.92 Å². The van der Waals surface area contributed by atoms with E-state index in [9.17, 15) is 13.2 Å². The first-order valence-corrected chi connectivity index (χ1v) is 10.4. The first-order chi connectivity index (χ1) is 11.9. The molecule has 0 aliphatic carbocycles. The molecule has 8 heteroatoms. The molecule has 1 aromatic carbocycles. The predicted molar refractivity (Wildman–Crippen MR) is 104 cm³/mol. The Bertz CT molecular complexity index is 710. The highest BCUT2D eigenvalue weighted by atomic mass is 35.5. The van der Waals surface area contributed by atoms with E-state index in [0.29, 0.717) is 24.6 Å². The summed E-state index contributed by atoms with van der Waals surface area (Å²) in [5.74, 6) is 0.511. The molecular weight excluding hydrogens is 374 g/mol. The summed E-state index contributed by atoms with van der Waals surface area (Å²) in [6.07, 6.45) is 2.74. The Morgan fingerprint density at radius 3 is 2.31 bits per heavy atom. The topological polar surface area (TPSA) is 69.7 Å². The number of benzene rings is 1. The third-order valence-electron chi connectivity index (χ3n) is 5.38. The lowest BCUT2D eigenvalue weighted by Crippen LogP contribution is -2.38. The minimum atomic E-state index is -3.47. The van der Waals surface area contributed by atoms with Crippen LogP contribution in [0.1, 0.15) is 36.5 Å². The molecule has 6 nitrogen and oxygen atoms in total. The van der Waals surface area contributed by atoms with Crippen molar-refractivity contribution in [2.45, 2.75) is 37.1 Å². The number of sulfonamides is 1. The van der Waals surface area contributed by atoms with Gasteiger partial charge >= 0.3 is 0 Å². The van der Waals surface area contributed by atoms with E-state index in [-0.39, 0.29) is 29.3 Å². The number of hydrogen-bond acceptors (Lipinski definition) is 4. The molecule has 1 N–H and O–H groups in total. The van der Waals surface area contributed by atoms with Crippen LogP contribution in [0.3, 0.4) is 0 Å². The minimum Gasteiger partial charge on any atom is -0.337 e. The Labute approximate surface area is 162 Å². The van der Waals surface area contributed by atoms with Crippen molar-refractivity contribution >= 4 is 28.3 Å². The van der Waals surface area contributed by atoms with Crippen LogP contribution in [0.25, 0.3) is 0 Å². The molecule has 0 spiro atoms. The number of amides is 1. The largest absolute Gasteiger partial charge is 0.337 e. The summed E-state index contributed by atoms with van der Waals surface area (Å²) in [5, 5.41) is 3.25. The molecule has 1 aromatic rings. The van der Waals surface area contributed by atoms with Crippen molar-refractivity contribution in [3.8, 4) is 0 Å². The van der Waals surface area contributed by atoms with Crippen LogP contribution in [0.15, 0.2) is 29.2 Å². The maximum Gasteiger partial charge on any atom is 0.253 e. The zero-order chi connectivity index (χ0) is 18.0. The Morgan fingerprint density at radius 1 is 1.15 bits per heavy atom. The summed E-state index contributed by atoms with van der Waals surface area (Å²) in [6.45, 7) is 5.03. The maximum atomic E-state index is 12.7. The van der Waals surface area contributed by atoms with Crippen molar-refractivity contribution < 1.29 is 13.2 Å². The number of likely N-dealkylation sites (N-methyl/N-ethyl adjacent to an activating group) is 1. The summed E-state index contributed by atoms with van der Waals surface area (Å²) in [7, 11) is -1.66. The molecule has 2 aliphatic rings. The molecule has 0 radical (unpaired) electrons. The number of carbonyl (C=O) groups excluding carboxylic acids is 1. The Balaban J connectivity index is 0.00000243. The summed E-state index contributed by atoms with van der Waals surface area (Å²) < 4.78 is 27.0. The van der Waals surface area contributed by atoms with E-state index in [1.54, 1.807) is 40.5 Å². The van der Waals surface area contributed by atoms with Gasteiger partial charge in [-0.15, -0.1) is 12.4 Å².